The molecule has 0 N–H and O–H groups in total. The Morgan fingerprint density at radius 1 is 1.37 bits per heavy atom. The Balaban J connectivity index is 2.35. The maximum Gasteiger partial charge on any atom is 0.534 e. The van der Waals surface area contributed by atoms with Crippen LogP contribution in [0, 0.1) is 17.3 Å². The molecule has 0 heterocycles. The lowest BCUT2D eigenvalue weighted by Gasteiger charge is -2.37. The summed E-state index contributed by atoms with van der Waals surface area (Å²) in [5, 5.41) is 0. The maximum absolute atomic E-state index is 12.4. The van der Waals surface area contributed by atoms with Crippen LogP contribution in [0.3, 0.4) is 0 Å². The summed E-state index contributed by atoms with van der Waals surface area (Å²) in [7, 11) is -5.59. The fourth-order valence-electron chi connectivity index (χ4n) is 2.95. The minimum Gasteiger partial charge on any atom is -0.380 e. The second kappa shape index (κ2) is 4.01. The van der Waals surface area contributed by atoms with Crippen LogP contribution >= 0.6 is 0 Å². The van der Waals surface area contributed by atoms with Crippen LogP contribution in [0.25, 0.3) is 0 Å². The first kappa shape index (κ1) is 14.4. The Bertz CT molecular complexity index is 555. The van der Waals surface area contributed by atoms with E-state index in [1.807, 2.05) is 19.9 Å². The summed E-state index contributed by atoms with van der Waals surface area (Å²) >= 11 is 0. The molecule has 0 fully saturated rings. The lowest BCUT2D eigenvalue weighted by Crippen LogP contribution is -2.33. The number of allylic oxidation sites excluding steroid dienone is 3. The van der Waals surface area contributed by atoms with Gasteiger partial charge in [-0.15, -0.1) is 0 Å². The van der Waals surface area contributed by atoms with Crippen LogP contribution in [-0.4, -0.2) is 13.9 Å². The summed E-state index contributed by atoms with van der Waals surface area (Å²) in [6.07, 6.45) is 4.13. The predicted octanol–water partition coefficient (Wildman–Crippen LogP) is 3.36. The minimum atomic E-state index is -5.59. The molecule has 0 saturated carbocycles. The van der Waals surface area contributed by atoms with Gasteiger partial charge in [-0.2, -0.15) is 21.6 Å². The lowest BCUT2D eigenvalue weighted by molar-refractivity contribution is -0.0528. The zero-order chi connectivity index (χ0) is 14.6. The van der Waals surface area contributed by atoms with Gasteiger partial charge in [0.15, 0.2) is 0 Å². The monoisotopic (exact) mass is 296 g/mol. The van der Waals surface area contributed by atoms with Gasteiger partial charge in [0.25, 0.3) is 0 Å². The van der Waals surface area contributed by atoms with Crippen molar-refractivity contribution in [3.8, 4) is 0 Å². The molecule has 2 atom stereocenters. The molecule has 2 rings (SSSR count). The van der Waals surface area contributed by atoms with Crippen LogP contribution in [0.1, 0.15) is 27.2 Å². The first-order chi connectivity index (χ1) is 8.47. The molecule has 108 valence electrons. The zero-order valence-corrected chi connectivity index (χ0v) is 11.6. The van der Waals surface area contributed by atoms with Crippen LogP contribution in [0.5, 0.6) is 0 Å². The second-order valence-electron chi connectivity index (χ2n) is 5.60. The van der Waals surface area contributed by atoms with Crippen molar-refractivity contribution in [2.45, 2.75) is 32.7 Å². The first-order valence-corrected chi connectivity index (χ1v) is 7.27. The van der Waals surface area contributed by atoms with Gasteiger partial charge in [0.2, 0.25) is 0 Å². The molecule has 7 heteroatoms. The van der Waals surface area contributed by atoms with Crippen molar-refractivity contribution in [2.24, 2.45) is 17.3 Å². The smallest absolute Gasteiger partial charge is 0.380 e. The van der Waals surface area contributed by atoms with E-state index >= 15 is 0 Å². The van der Waals surface area contributed by atoms with E-state index in [-0.39, 0.29) is 17.1 Å². The molecule has 0 radical (unpaired) electrons. The van der Waals surface area contributed by atoms with Crippen LogP contribution in [0.15, 0.2) is 23.5 Å². The van der Waals surface area contributed by atoms with Gasteiger partial charge in [0.1, 0.15) is 5.76 Å². The van der Waals surface area contributed by atoms with Crippen LogP contribution in [-0.2, 0) is 14.3 Å². The molecular weight excluding hydrogens is 281 g/mol. The average molecular weight is 296 g/mol. The largest absolute Gasteiger partial charge is 0.534 e. The molecule has 0 aliphatic heterocycles. The fraction of sp³-hybridized carbons (Fsp3) is 0.667. The maximum atomic E-state index is 12.4. The summed E-state index contributed by atoms with van der Waals surface area (Å²) in [6.45, 7) is 5.60. The average Bonchev–Trinajstić information content (AvgIpc) is 2.35. The van der Waals surface area contributed by atoms with E-state index in [9.17, 15) is 21.6 Å². The first-order valence-electron chi connectivity index (χ1n) is 5.86. The highest BCUT2D eigenvalue weighted by atomic mass is 32.2. The number of hydrogen-bond acceptors (Lipinski definition) is 3. The standard InChI is InChI=1S/C12H15F3O3S/c1-7-4-5-8-6-9(10(7)11(8,2)3)18-19(16,17)12(13,14)15/h4,6,8,10H,5H2,1-3H3/t8-,10+/m0/s1. The Morgan fingerprint density at radius 3 is 2.47 bits per heavy atom. The molecule has 3 nitrogen and oxygen atoms in total. The normalized spacial score (nSPS) is 29.8. The predicted molar refractivity (Wildman–Crippen MR) is 63.3 cm³/mol. The van der Waals surface area contributed by atoms with Crippen molar-refractivity contribution in [2.75, 3.05) is 0 Å². The Morgan fingerprint density at radius 2 is 1.95 bits per heavy atom. The van der Waals surface area contributed by atoms with Gasteiger partial charge in [-0.05, 0) is 30.8 Å². The molecule has 0 aromatic rings. The zero-order valence-electron chi connectivity index (χ0n) is 10.8. The van der Waals surface area contributed by atoms with Crippen molar-refractivity contribution in [3.63, 3.8) is 0 Å². The SMILES string of the molecule is CC1=CC[C@H]2C=C(OS(=O)(=O)C(F)(F)F)[C@@H]1C2(C)C. The van der Waals surface area contributed by atoms with Crippen LogP contribution in [0.2, 0.25) is 0 Å². The van der Waals surface area contributed by atoms with E-state index in [4.69, 9.17) is 0 Å². The van der Waals surface area contributed by atoms with Crippen LogP contribution < -0.4 is 0 Å². The minimum absolute atomic E-state index is 0.000339. The fourth-order valence-corrected chi connectivity index (χ4v) is 3.45. The van der Waals surface area contributed by atoms with Gasteiger partial charge in [-0.25, -0.2) is 0 Å². The van der Waals surface area contributed by atoms with E-state index < -0.39 is 21.5 Å². The van der Waals surface area contributed by atoms with Crippen LogP contribution in [0.4, 0.5) is 13.2 Å². The molecule has 19 heavy (non-hydrogen) atoms. The highest BCUT2D eigenvalue weighted by Crippen LogP contribution is 2.55. The van der Waals surface area contributed by atoms with E-state index in [0.29, 0.717) is 6.42 Å². The second-order valence-corrected chi connectivity index (χ2v) is 7.13. The highest BCUT2D eigenvalue weighted by Gasteiger charge is 2.53. The molecule has 2 aliphatic carbocycles. The van der Waals surface area contributed by atoms with Gasteiger partial charge in [0.05, 0.1) is 0 Å². The molecule has 0 aromatic carbocycles. The molecule has 0 unspecified atom stereocenters. The molecule has 2 bridgehead atoms. The van der Waals surface area contributed by atoms with Gasteiger partial charge < -0.3 is 4.18 Å². The third-order valence-electron chi connectivity index (χ3n) is 3.99. The van der Waals surface area contributed by atoms with E-state index in [0.717, 1.165) is 5.57 Å². The third-order valence-corrected chi connectivity index (χ3v) is 4.97. The summed E-state index contributed by atoms with van der Waals surface area (Å²) < 4.78 is 63.7. The third kappa shape index (κ3) is 2.17. The molecule has 0 aromatic heterocycles. The van der Waals surface area contributed by atoms with Gasteiger partial charge in [-0.3, -0.25) is 0 Å². The molecular formula is C12H15F3O3S. The Hall–Kier alpha value is -0.980. The Kier molecular flexibility index (Phi) is 3.04. The van der Waals surface area contributed by atoms with Crippen molar-refractivity contribution in [3.05, 3.63) is 23.5 Å². The summed E-state index contributed by atoms with van der Waals surface area (Å²) in [5.41, 5.74) is -4.87. The number of rotatable bonds is 2. The number of fused-ring (bicyclic) bond motifs is 2. The number of alkyl halides is 3. The summed E-state index contributed by atoms with van der Waals surface area (Å²) in [5.74, 6) is -0.512. The molecule has 2 aliphatic rings. The van der Waals surface area contributed by atoms with E-state index in [1.54, 1.807) is 6.92 Å². The molecule has 0 saturated heterocycles. The topological polar surface area (TPSA) is 43.4 Å². The summed E-state index contributed by atoms with van der Waals surface area (Å²) in [4.78, 5) is 0. The molecule has 0 spiro atoms. The number of hydrogen-bond donors (Lipinski definition) is 0. The summed E-state index contributed by atoms with van der Waals surface area (Å²) in [6, 6.07) is 0. The highest BCUT2D eigenvalue weighted by molar-refractivity contribution is 7.87. The van der Waals surface area contributed by atoms with Gasteiger partial charge in [0, 0.05) is 5.92 Å². The van der Waals surface area contributed by atoms with E-state index in [1.165, 1.54) is 6.08 Å². The Labute approximate surface area is 110 Å². The number of halogens is 3. The van der Waals surface area contributed by atoms with Gasteiger partial charge >= 0.3 is 15.6 Å². The van der Waals surface area contributed by atoms with Crippen molar-refractivity contribution >= 4 is 10.1 Å². The van der Waals surface area contributed by atoms with Crippen molar-refractivity contribution in [1.82, 2.24) is 0 Å². The van der Waals surface area contributed by atoms with Gasteiger partial charge in [-0.1, -0.05) is 25.5 Å². The van der Waals surface area contributed by atoms with Crippen molar-refractivity contribution < 1.29 is 25.8 Å². The molecule has 0 amide bonds. The quantitative estimate of drug-likeness (QED) is 0.446. The lowest BCUT2D eigenvalue weighted by atomic mass is 9.67. The van der Waals surface area contributed by atoms with E-state index in [2.05, 4.69) is 4.18 Å². The van der Waals surface area contributed by atoms with Crippen molar-refractivity contribution in [1.29, 1.82) is 0 Å².